The van der Waals surface area contributed by atoms with Gasteiger partial charge in [0.25, 0.3) is 0 Å². The summed E-state index contributed by atoms with van der Waals surface area (Å²) in [5.41, 5.74) is 4.77. The van der Waals surface area contributed by atoms with Crippen molar-refractivity contribution < 1.29 is 22.4 Å². The third-order valence-corrected chi connectivity index (χ3v) is 5.41. The van der Waals surface area contributed by atoms with Gasteiger partial charge < -0.3 is 11.1 Å². The minimum atomic E-state index is -4.64. The topological polar surface area (TPSA) is 68.0 Å². The fraction of sp³-hybridized carbons (Fsp3) is 0.429. The summed E-state index contributed by atoms with van der Waals surface area (Å²) in [5.74, 6) is -1.21. The number of alkyl halides is 3. The van der Waals surface area contributed by atoms with Gasteiger partial charge in [0, 0.05) is 28.7 Å². The summed E-state index contributed by atoms with van der Waals surface area (Å²) in [6, 6.07) is 3.72. The Morgan fingerprint density at radius 3 is 2.52 bits per heavy atom. The van der Waals surface area contributed by atoms with Gasteiger partial charge in [-0.15, -0.1) is 0 Å². The van der Waals surface area contributed by atoms with E-state index in [0.717, 1.165) is 50.4 Å². The number of nitrogens with one attached hydrogen (secondary N) is 1. The summed E-state index contributed by atoms with van der Waals surface area (Å²) in [5, 5.41) is 2.58. The van der Waals surface area contributed by atoms with Crippen molar-refractivity contribution in [1.82, 2.24) is 4.98 Å². The first-order chi connectivity index (χ1) is 13.7. The number of amides is 1. The number of rotatable bonds is 4. The van der Waals surface area contributed by atoms with Gasteiger partial charge in [-0.3, -0.25) is 9.78 Å². The highest BCUT2D eigenvalue weighted by Crippen LogP contribution is 2.39. The Balaban J connectivity index is 1.84. The molecule has 29 heavy (non-hydrogen) atoms. The molecule has 156 valence electrons. The predicted molar refractivity (Wildman–Crippen MR) is 103 cm³/mol. The largest absolute Gasteiger partial charge is 0.417 e. The Labute approximate surface area is 166 Å². The molecule has 4 nitrogen and oxygen atoms in total. The van der Waals surface area contributed by atoms with Gasteiger partial charge in [-0.2, -0.15) is 13.2 Å². The van der Waals surface area contributed by atoms with Crippen LogP contribution in [0.15, 0.2) is 30.5 Å². The number of pyridine rings is 1. The van der Waals surface area contributed by atoms with Gasteiger partial charge in [-0.1, -0.05) is 19.3 Å². The standard InChI is InChI=1S/C21H23F4N3O/c1-12-18(16(9-10-27-12)21(23,24)25)15-8-7-14(11-17(15)22)28-20(29)19(26)13-5-3-2-4-6-13/h7-11,13,19H,2-6,26H2,1H3,(H,28,29). The molecule has 1 aliphatic rings. The van der Waals surface area contributed by atoms with Gasteiger partial charge >= 0.3 is 6.18 Å². The van der Waals surface area contributed by atoms with Gasteiger partial charge in [0.1, 0.15) is 5.82 Å². The zero-order valence-corrected chi connectivity index (χ0v) is 16.0. The van der Waals surface area contributed by atoms with Crippen LogP contribution in [-0.2, 0) is 11.0 Å². The molecule has 1 fully saturated rings. The van der Waals surface area contributed by atoms with Gasteiger partial charge in [-0.25, -0.2) is 4.39 Å². The molecule has 2 aromatic rings. The highest BCUT2D eigenvalue weighted by Gasteiger charge is 2.35. The third-order valence-electron chi connectivity index (χ3n) is 5.41. The molecule has 1 saturated carbocycles. The van der Waals surface area contributed by atoms with Gasteiger partial charge in [0.05, 0.1) is 11.6 Å². The van der Waals surface area contributed by atoms with E-state index in [1.54, 1.807) is 0 Å². The van der Waals surface area contributed by atoms with E-state index in [1.807, 2.05) is 0 Å². The average molecular weight is 409 g/mol. The van der Waals surface area contributed by atoms with Crippen molar-refractivity contribution in [1.29, 1.82) is 0 Å². The zero-order valence-electron chi connectivity index (χ0n) is 16.0. The van der Waals surface area contributed by atoms with E-state index >= 15 is 0 Å². The maximum absolute atomic E-state index is 14.7. The van der Waals surface area contributed by atoms with Crippen LogP contribution < -0.4 is 11.1 Å². The zero-order chi connectivity index (χ0) is 21.2. The van der Waals surface area contributed by atoms with Crippen LogP contribution in [0.5, 0.6) is 0 Å². The van der Waals surface area contributed by atoms with E-state index in [1.165, 1.54) is 19.1 Å². The molecule has 1 heterocycles. The predicted octanol–water partition coefficient (Wildman–Crippen LogP) is 5.06. The van der Waals surface area contributed by atoms with E-state index in [2.05, 4.69) is 10.3 Å². The van der Waals surface area contributed by atoms with Crippen molar-refractivity contribution in [3.05, 3.63) is 47.5 Å². The Bertz CT molecular complexity index is 892. The third kappa shape index (κ3) is 4.75. The number of aryl methyl sites for hydroxylation is 1. The van der Waals surface area contributed by atoms with E-state index < -0.39 is 29.5 Å². The number of hydrogen-bond acceptors (Lipinski definition) is 3. The lowest BCUT2D eigenvalue weighted by atomic mass is 9.84. The quantitative estimate of drug-likeness (QED) is 0.694. The summed E-state index contributed by atoms with van der Waals surface area (Å²) in [6.07, 6.45) is 1.34. The number of aromatic nitrogens is 1. The van der Waals surface area contributed by atoms with Crippen LogP contribution in [0, 0.1) is 18.7 Å². The van der Waals surface area contributed by atoms with Gasteiger partial charge in [-0.05, 0) is 49.9 Å². The van der Waals surface area contributed by atoms with E-state index in [-0.39, 0.29) is 28.4 Å². The van der Waals surface area contributed by atoms with E-state index in [4.69, 9.17) is 5.73 Å². The Morgan fingerprint density at radius 2 is 1.90 bits per heavy atom. The smallest absolute Gasteiger partial charge is 0.325 e. The number of nitrogens with zero attached hydrogens (tertiary/aromatic N) is 1. The molecule has 1 atom stereocenters. The molecular weight excluding hydrogens is 386 g/mol. The van der Waals surface area contributed by atoms with Crippen molar-refractivity contribution in [2.24, 2.45) is 11.7 Å². The number of hydrogen-bond donors (Lipinski definition) is 2. The molecule has 1 aromatic carbocycles. The number of halogens is 4. The second-order valence-corrected chi connectivity index (χ2v) is 7.42. The number of carbonyl (C=O) groups is 1. The summed E-state index contributed by atoms with van der Waals surface area (Å²) in [7, 11) is 0. The number of anilines is 1. The SMILES string of the molecule is Cc1nccc(C(F)(F)F)c1-c1ccc(NC(=O)C(N)C2CCCCC2)cc1F. The van der Waals surface area contributed by atoms with Crippen molar-refractivity contribution in [3.63, 3.8) is 0 Å². The second kappa shape index (κ2) is 8.49. The molecule has 1 unspecified atom stereocenters. The monoisotopic (exact) mass is 409 g/mol. The Kier molecular flexibility index (Phi) is 6.21. The first-order valence-electron chi connectivity index (χ1n) is 9.57. The Hall–Kier alpha value is -2.48. The van der Waals surface area contributed by atoms with Crippen LogP contribution in [0.25, 0.3) is 11.1 Å². The average Bonchev–Trinajstić information content (AvgIpc) is 2.68. The first kappa shape index (κ1) is 21.2. The summed E-state index contributed by atoms with van der Waals surface area (Å²) < 4.78 is 54.7. The molecule has 1 aromatic heterocycles. The normalized spacial score (nSPS) is 16.5. The van der Waals surface area contributed by atoms with E-state index in [0.29, 0.717) is 0 Å². The first-order valence-corrected chi connectivity index (χ1v) is 9.57. The van der Waals surface area contributed by atoms with Gasteiger partial charge in [0.2, 0.25) is 5.91 Å². The molecule has 0 spiro atoms. The fourth-order valence-electron chi connectivity index (χ4n) is 3.87. The molecule has 0 radical (unpaired) electrons. The molecule has 0 aliphatic heterocycles. The van der Waals surface area contributed by atoms with Crippen LogP contribution >= 0.6 is 0 Å². The lowest BCUT2D eigenvalue weighted by Gasteiger charge is -2.26. The van der Waals surface area contributed by atoms with Gasteiger partial charge in [0.15, 0.2) is 0 Å². The summed E-state index contributed by atoms with van der Waals surface area (Å²) in [4.78, 5) is 16.3. The molecule has 3 N–H and O–H groups in total. The van der Waals surface area contributed by atoms with Crippen LogP contribution in [0.3, 0.4) is 0 Å². The van der Waals surface area contributed by atoms with Crippen molar-refractivity contribution in [3.8, 4) is 11.1 Å². The highest BCUT2D eigenvalue weighted by atomic mass is 19.4. The maximum atomic E-state index is 14.7. The minimum absolute atomic E-state index is 0.0647. The fourth-order valence-corrected chi connectivity index (χ4v) is 3.87. The number of benzene rings is 1. The van der Waals surface area contributed by atoms with Crippen molar-refractivity contribution in [2.45, 2.75) is 51.2 Å². The molecule has 8 heteroatoms. The lowest BCUT2D eigenvalue weighted by Crippen LogP contribution is -2.42. The molecule has 1 aliphatic carbocycles. The van der Waals surface area contributed by atoms with Crippen molar-refractivity contribution >= 4 is 11.6 Å². The van der Waals surface area contributed by atoms with Crippen LogP contribution in [0.2, 0.25) is 0 Å². The lowest BCUT2D eigenvalue weighted by molar-refractivity contribution is -0.137. The minimum Gasteiger partial charge on any atom is -0.325 e. The molecule has 0 bridgehead atoms. The molecular formula is C21H23F4N3O. The van der Waals surface area contributed by atoms with Crippen molar-refractivity contribution in [2.75, 3.05) is 5.32 Å². The van der Waals surface area contributed by atoms with Crippen LogP contribution in [-0.4, -0.2) is 16.9 Å². The number of nitrogens with two attached hydrogens (primary N) is 1. The molecule has 0 saturated heterocycles. The van der Waals surface area contributed by atoms with Crippen LogP contribution in [0.1, 0.15) is 43.4 Å². The van der Waals surface area contributed by atoms with E-state index in [9.17, 15) is 22.4 Å². The Morgan fingerprint density at radius 1 is 1.21 bits per heavy atom. The maximum Gasteiger partial charge on any atom is 0.417 e. The second-order valence-electron chi connectivity index (χ2n) is 7.42. The summed E-state index contributed by atoms with van der Waals surface area (Å²) >= 11 is 0. The summed E-state index contributed by atoms with van der Waals surface area (Å²) in [6.45, 7) is 1.39. The highest BCUT2D eigenvalue weighted by molar-refractivity contribution is 5.95. The number of carbonyl (C=O) groups excluding carboxylic acids is 1. The van der Waals surface area contributed by atoms with Crippen LogP contribution in [0.4, 0.5) is 23.2 Å². The molecule has 1 amide bonds. The molecule has 3 rings (SSSR count).